The maximum atomic E-state index is 10.3. The van der Waals surface area contributed by atoms with Crippen molar-refractivity contribution in [3.05, 3.63) is 59.7 Å². The van der Waals surface area contributed by atoms with Crippen LogP contribution in [0.15, 0.2) is 48.5 Å². The van der Waals surface area contributed by atoms with Crippen molar-refractivity contribution in [3.8, 4) is 11.5 Å². The molecule has 0 unspecified atom stereocenters. The molecule has 1 saturated heterocycles. The van der Waals surface area contributed by atoms with E-state index in [2.05, 4.69) is 22.3 Å². The van der Waals surface area contributed by atoms with E-state index < -0.39 is 6.10 Å². The van der Waals surface area contributed by atoms with Crippen LogP contribution in [0.25, 0.3) is 0 Å². The topological polar surface area (TPSA) is 63.2 Å². The van der Waals surface area contributed by atoms with Gasteiger partial charge in [0.05, 0.1) is 20.3 Å². The molecular formula is C23H32N2O4. The summed E-state index contributed by atoms with van der Waals surface area (Å²) in [5.74, 6) is 1.63. The van der Waals surface area contributed by atoms with Crippen molar-refractivity contribution in [1.29, 1.82) is 0 Å². The summed E-state index contributed by atoms with van der Waals surface area (Å²) >= 11 is 0. The van der Waals surface area contributed by atoms with Crippen LogP contribution in [0.4, 0.5) is 0 Å². The maximum absolute atomic E-state index is 10.3. The molecule has 0 aliphatic carbocycles. The van der Waals surface area contributed by atoms with Gasteiger partial charge in [-0.1, -0.05) is 29.8 Å². The largest absolute Gasteiger partial charge is 0.497 e. The van der Waals surface area contributed by atoms with Crippen molar-refractivity contribution in [2.45, 2.75) is 19.1 Å². The molecule has 2 aromatic rings. The third-order valence-corrected chi connectivity index (χ3v) is 5.17. The third kappa shape index (κ3) is 6.72. The average Bonchev–Trinajstić information content (AvgIpc) is 2.77. The molecule has 0 amide bonds. The van der Waals surface area contributed by atoms with Gasteiger partial charge in [0.2, 0.25) is 0 Å². The minimum Gasteiger partial charge on any atom is -0.497 e. The Kier molecular flexibility index (Phi) is 8.31. The number of aryl methyl sites for hydroxylation is 1. The fourth-order valence-corrected chi connectivity index (χ4v) is 3.45. The predicted molar refractivity (Wildman–Crippen MR) is 114 cm³/mol. The second kappa shape index (κ2) is 11.2. The van der Waals surface area contributed by atoms with E-state index in [9.17, 15) is 5.11 Å². The number of aliphatic hydroxyl groups is 1. The number of methoxy groups -OCH3 is 1. The summed E-state index contributed by atoms with van der Waals surface area (Å²) in [6.07, 6.45) is -0.572. The molecule has 2 aromatic carbocycles. The molecule has 0 bridgehead atoms. The number of ether oxygens (including phenoxy) is 3. The van der Waals surface area contributed by atoms with Crippen LogP contribution in [-0.4, -0.2) is 69.2 Å². The molecule has 2 N–H and O–H groups in total. The van der Waals surface area contributed by atoms with Gasteiger partial charge in [-0.05, 0) is 36.8 Å². The van der Waals surface area contributed by atoms with Gasteiger partial charge in [-0.2, -0.15) is 0 Å². The molecule has 6 nitrogen and oxygen atoms in total. The van der Waals surface area contributed by atoms with E-state index in [0.29, 0.717) is 6.54 Å². The second-order valence-electron chi connectivity index (χ2n) is 7.37. The number of nitrogens with zero attached hydrogens (tertiary/aromatic N) is 1. The molecule has 29 heavy (non-hydrogen) atoms. The smallest absolute Gasteiger partial charge is 0.119 e. The third-order valence-electron chi connectivity index (χ3n) is 5.17. The molecule has 3 rings (SSSR count). The zero-order valence-corrected chi connectivity index (χ0v) is 17.3. The van der Waals surface area contributed by atoms with Gasteiger partial charge in [0.15, 0.2) is 0 Å². The van der Waals surface area contributed by atoms with Crippen molar-refractivity contribution < 1.29 is 19.3 Å². The van der Waals surface area contributed by atoms with Gasteiger partial charge in [-0.25, -0.2) is 0 Å². The summed E-state index contributed by atoms with van der Waals surface area (Å²) in [5.41, 5.74) is 2.41. The Labute approximate surface area is 173 Å². The number of hydrogen-bond acceptors (Lipinski definition) is 6. The summed E-state index contributed by atoms with van der Waals surface area (Å²) < 4.78 is 16.5. The molecule has 1 aliphatic rings. The first-order valence-corrected chi connectivity index (χ1v) is 10.2. The van der Waals surface area contributed by atoms with Gasteiger partial charge >= 0.3 is 0 Å². The fourth-order valence-electron chi connectivity index (χ4n) is 3.45. The molecule has 1 heterocycles. The lowest BCUT2D eigenvalue weighted by Crippen LogP contribution is -2.44. The number of rotatable bonds is 10. The van der Waals surface area contributed by atoms with Gasteiger partial charge in [0.25, 0.3) is 0 Å². The Hall–Kier alpha value is -2.12. The first-order valence-electron chi connectivity index (χ1n) is 10.2. The van der Waals surface area contributed by atoms with Crippen LogP contribution in [-0.2, 0) is 4.74 Å². The molecule has 0 aromatic heterocycles. The normalized spacial score (nSPS) is 16.9. The van der Waals surface area contributed by atoms with Crippen LogP contribution in [0.3, 0.4) is 0 Å². The molecule has 0 saturated carbocycles. The van der Waals surface area contributed by atoms with E-state index >= 15 is 0 Å². The molecule has 158 valence electrons. The lowest BCUT2D eigenvalue weighted by molar-refractivity contribution is 0.0151. The van der Waals surface area contributed by atoms with Crippen LogP contribution in [0.5, 0.6) is 11.5 Å². The highest BCUT2D eigenvalue weighted by Crippen LogP contribution is 2.23. The number of hydrogen-bond donors (Lipinski definition) is 2. The molecule has 1 fully saturated rings. The first-order chi connectivity index (χ1) is 14.2. The highest BCUT2D eigenvalue weighted by Gasteiger charge is 2.22. The average molecular weight is 401 g/mol. The molecule has 2 atom stereocenters. The summed E-state index contributed by atoms with van der Waals surface area (Å²) in [4.78, 5) is 2.42. The number of aliphatic hydroxyl groups excluding tert-OH is 1. The molecule has 1 aliphatic heterocycles. The van der Waals surface area contributed by atoms with E-state index in [0.717, 1.165) is 44.3 Å². The predicted octanol–water partition coefficient (Wildman–Crippen LogP) is 2.41. The molecule has 0 spiro atoms. The van der Waals surface area contributed by atoms with Crippen LogP contribution < -0.4 is 14.8 Å². The van der Waals surface area contributed by atoms with Gasteiger partial charge in [0, 0.05) is 32.2 Å². The Morgan fingerprint density at radius 1 is 1.00 bits per heavy atom. The summed E-state index contributed by atoms with van der Waals surface area (Å²) in [7, 11) is 1.68. The van der Waals surface area contributed by atoms with Crippen LogP contribution in [0.1, 0.15) is 17.2 Å². The Morgan fingerprint density at radius 3 is 2.31 bits per heavy atom. The Bertz CT molecular complexity index is 715. The number of nitrogens with one attached hydrogen (secondary N) is 1. The molecular weight excluding hydrogens is 368 g/mol. The second-order valence-corrected chi connectivity index (χ2v) is 7.37. The van der Waals surface area contributed by atoms with Crippen LogP contribution in [0, 0.1) is 6.92 Å². The van der Waals surface area contributed by atoms with Gasteiger partial charge in [-0.3, -0.25) is 4.90 Å². The number of benzene rings is 2. The molecule has 0 radical (unpaired) electrons. The SMILES string of the molecule is COc1ccc([C@H](CNC[C@H](O)COc2ccc(C)cc2)N2CCOCC2)cc1. The first kappa shape index (κ1) is 21.6. The monoisotopic (exact) mass is 400 g/mol. The Balaban J connectivity index is 1.51. The van der Waals surface area contributed by atoms with Crippen LogP contribution in [0.2, 0.25) is 0 Å². The lowest BCUT2D eigenvalue weighted by atomic mass is 10.0. The summed E-state index contributed by atoms with van der Waals surface area (Å²) in [6, 6.07) is 16.3. The van der Waals surface area contributed by atoms with Gasteiger partial charge in [0.1, 0.15) is 24.2 Å². The fraction of sp³-hybridized carbons (Fsp3) is 0.478. The van der Waals surface area contributed by atoms with E-state index in [-0.39, 0.29) is 12.6 Å². The zero-order valence-electron chi connectivity index (χ0n) is 17.3. The Morgan fingerprint density at radius 2 is 1.66 bits per heavy atom. The van der Waals surface area contributed by atoms with Crippen molar-refractivity contribution in [2.24, 2.45) is 0 Å². The van der Waals surface area contributed by atoms with Crippen molar-refractivity contribution in [3.63, 3.8) is 0 Å². The lowest BCUT2D eigenvalue weighted by Gasteiger charge is -2.35. The maximum Gasteiger partial charge on any atom is 0.119 e. The van der Waals surface area contributed by atoms with Gasteiger partial charge in [-0.15, -0.1) is 0 Å². The van der Waals surface area contributed by atoms with E-state index in [4.69, 9.17) is 14.2 Å². The van der Waals surface area contributed by atoms with Crippen LogP contribution >= 0.6 is 0 Å². The van der Waals surface area contributed by atoms with Gasteiger partial charge < -0.3 is 24.6 Å². The van der Waals surface area contributed by atoms with Crippen molar-refractivity contribution in [2.75, 3.05) is 53.1 Å². The minimum atomic E-state index is -0.572. The minimum absolute atomic E-state index is 0.218. The highest BCUT2D eigenvalue weighted by atomic mass is 16.5. The van der Waals surface area contributed by atoms with E-state index in [1.807, 2.05) is 43.3 Å². The highest BCUT2D eigenvalue weighted by molar-refractivity contribution is 5.29. The summed E-state index contributed by atoms with van der Waals surface area (Å²) in [5, 5.41) is 13.7. The quantitative estimate of drug-likeness (QED) is 0.639. The van der Waals surface area contributed by atoms with Crippen molar-refractivity contribution in [1.82, 2.24) is 10.2 Å². The molecule has 6 heteroatoms. The number of morpholine rings is 1. The van der Waals surface area contributed by atoms with Crippen molar-refractivity contribution >= 4 is 0 Å². The summed E-state index contributed by atoms with van der Waals surface area (Å²) in [6.45, 7) is 6.82. The standard InChI is InChI=1S/C23H32N2O4/c1-18-3-7-22(8-4-18)29-17-20(26)15-24-16-23(25-11-13-28-14-12-25)19-5-9-21(27-2)10-6-19/h3-10,20,23-24,26H,11-17H2,1-2H3/t20-,23-/m0/s1. The van der Waals surface area contributed by atoms with E-state index in [1.54, 1.807) is 7.11 Å². The van der Waals surface area contributed by atoms with E-state index in [1.165, 1.54) is 11.1 Å². The zero-order chi connectivity index (χ0) is 20.5.